The predicted octanol–water partition coefficient (Wildman–Crippen LogP) is 2.54. The maximum absolute atomic E-state index is 12.6. The molecule has 158 valence electrons. The van der Waals surface area contributed by atoms with Gasteiger partial charge in [0.15, 0.2) is 12.0 Å². The molecule has 0 atom stereocenters. The SMILES string of the molecule is Cc1cc(C#CC2CC2)cc(C)c1NC(=O)C(C=NCC1OCC2(CC2)CO1)=NN. The number of nitrogens with zero attached hydrogens (tertiary/aromatic N) is 2. The van der Waals surface area contributed by atoms with Crippen molar-refractivity contribution in [2.45, 2.75) is 45.8 Å². The van der Waals surface area contributed by atoms with Gasteiger partial charge in [-0.05, 0) is 62.8 Å². The molecule has 7 nitrogen and oxygen atoms in total. The Morgan fingerprint density at radius 2 is 1.93 bits per heavy atom. The van der Waals surface area contributed by atoms with Gasteiger partial charge in [0.05, 0.1) is 26.0 Å². The lowest BCUT2D eigenvalue weighted by atomic mass is 10.0. The molecule has 1 saturated heterocycles. The van der Waals surface area contributed by atoms with Crippen LogP contribution in [0.1, 0.15) is 42.4 Å². The van der Waals surface area contributed by atoms with Gasteiger partial charge in [0.2, 0.25) is 0 Å². The second-order valence-electron chi connectivity index (χ2n) is 8.54. The summed E-state index contributed by atoms with van der Waals surface area (Å²) >= 11 is 0. The van der Waals surface area contributed by atoms with Crippen molar-refractivity contribution < 1.29 is 14.3 Å². The third-order valence-electron chi connectivity index (χ3n) is 5.72. The molecule has 2 saturated carbocycles. The average molecular weight is 409 g/mol. The van der Waals surface area contributed by atoms with Crippen molar-refractivity contribution in [2.24, 2.45) is 27.3 Å². The summed E-state index contributed by atoms with van der Waals surface area (Å²) < 4.78 is 11.4. The summed E-state index contributed by atoms with van der Waals surface area (Å²) in [7, 11) is 0. The number of nitrogens with two attached hydrogens (primary N) is 1. The quantitative estimate of drug-likeness (QED) is 0.339. The van der Waals surface area contributed by atoms with E-state index in [9.17, 15) is 4.79 Å². The van der Waals surface area contributed by atoms with E-state index in [0.29, 0.717) is 25.7 Å². The molecular weight excluding hydrogens is 380 g/mol. The van der Waals surface area contributed by atoms with Gasteiger partial charge in [-0.2, -0.15) is 5.10 Å². The molecule has 7 heteroatoms. The summed E-state index contributed by atoms with van der Waals surface area (Å²) in [6.45, 7) is 5.62. The van der Waals surface area contributed by atoms with Gasteiger partial charge in [-0.1, -0.05) is 11.8 Å². The van der Waals surface area contributed by atoms with E-state index in [0.717, 1.165) is 22.4 Å². The monoisotopic (exact) mass is 408 g/mol. The second-order valence-corrected chi connectivity index (χ2v) is 8.54. The summed E-state index contributed by atoms with van der Waals surface area (Å²) in [6, 6.07) is 3.96. The van der Waals surface area contributed by atoms with Crippen LogP contribution in [0.3, 0.4) is 0 Å². The summed E-state index contributed by atoms with van der Waals surface area (Å²) in [6.07, 6.45) is 5.70. The van der Waals surface area contributed by atoms with Crippen molar-refractivity contribution in [3.05, 3.63) is 28.8 Å². The Balaban J connectivity index is 1.34. The minimum Gasteiger partial charge on any atom is -0.350 e. The number of amides is 1. The molecule has 3 aliphatic rings. The lowest BCUT2D eigenvalue weighted by molar-refractivity contribution is -0.201. The van der Waals surface area contributed by atoms with Crippen LogP contribution in [0.5, 0.6) is 0 Å². The van der Waals surface area contributed by atoms with Crippen molar-refractivity contribution in [3.63, 3.8) is 0 Å². The van der Waals surface area contributed by atoms with Crippen LogP contribution in [0.2, 0.25) is 0 Å². The Kier molecular flexibility index (Phi) is 5.89. The number of rotatable bonds is 5. The highest BCUT2D eigenvalue weighted by molar-refractivity contribution is 6.63. The molecule has 1 aromatic carbocycles. The first-order valence-corrected chi connectivity index (χ1v) is 10.4. The van der Waals surface area contributed by atoms with Crippen LogP contribution in [-0.2, 0) is 14.3 Å². The molecule has 1 amide bonds. The Labute approximate surface area is 177 Å². The largest absolute Gasteiger partial charge is 0.350 e. The lowest BCUT2D eigenvalue weighted by Crippen LogP contribution is -2.35. The maximum atomic E-state index is 12.6. The van der Waals surface area contributed by atoms with Crippen molar-refractivity contribution in [3.8, 4) is 11.8 Å². The molecule has 0 bridgehead atoms. The number of benzene rings is 1. The number of hydrazone groups is 1. The first-order chi connectivity index (χ1) is 14.5. The van der Waals surface area contributed by atoms with Gasteiger partial charge in [0.1, 0.15) is 0 Å². The van der Waals surface area contributed by atoms with Crippen molar-refractivity contribution in [1.82, 2.24) is 0 Å². The van der Waals surface area contributed by atoms with Crippen LogP contribution in [0.25, 0.3) is 0 Å². The van der Waals surface area contributed by atoms with E-state index in [-0.39, 0.29) is 17.4 Å². The van der Waals surface area contributed by atoms with E-state index in [1.165, 1.54) is 31.9 Å². The van der Waals surface area contributed by atoms with E-state index >= 15 is 0 Å². The summed E-state index contributed by atoms with van der Waals surface area (Å²) in [5.74, 6) is 12.0. The zero-order valence-corrected chi connectivity index (χ0v) is 17.5. The number of anilines is 1. The average Bonchev–Trinajstić information content (AvgIpc) is 3.65. The fraction of sp³-hybridized carbons (Fsp3) is 0.522. The Morgan fingerprint density at radius 1 is 1.27 bits per heavy atom. The third-order valence-corrected chi connectivity index (χ3v) is 5.72. The van der Waals surface area contributed by atoms with Gasteiger partial charge in [0.25, 0.3) is 5.91 Å². The Hall–Kier alpha value is -2.69. The van der Waals surface area contributed by atoms with Crippen LogP contribution in [0.4, 0.5) is 5.69 Å². The van der Waals surface area contributed by atoms with Gasteiger partial charge >= 0.3 is 0 Å². The second kappa shape index (κ2) is 8.58. The molecule has 1 aromatic rings. The molecule has 0 aromatic heterocycles. The van der Waals surface area contributed by atoms with E-state index in [1.54, 1.807) is 0 Å². The molecule has 30 heavy (non-hydrogen) atoms. The highest BCUT2D eigenvalue weighted by Gasteiger charge is 2.46. The normalized spacial score (nSPS) is 20.8. The number of aryl methyl sites for hydroxylation is 2. The van der Waals surface area contributed by atoms with E-state index in [4.69, 9.17) is 15.3 Å². The Morgan fingerprint density at radius 3 is 2.50 bits per heavy atom. The van der Waals surface area contributed by atoms with Crippen molar-refractivity contribution >= 4 is 23.5 Å². The smallest absolute Gasteiger partial charge is 0.277 e. The highest BCUT2D eigenvalue weighted by Crippen LogP contribution is 2.48. The van der Waals surface area contributed by atoms with E-state index < -0.39 is 5.91 Å². The number of carbonyl (C=O) groups is 1. The lowest BCUT2D eigenvalue weighted by Gasteiger charge is -2.28. The molecule has 4 rings (SSSR count). The highest BCUT2D eigenvalue weighted by atomic mass is 16.7. The van der Waals surface area contributed by atoms with Crippen molar-refractivity contribution in [2.75, 3.05) is 25.1 Å². The molecule has 2 aliphatic carbocycles. The summed E-state index contributed by atoms with van der Waals surface area (Å²) in [5.41, 5.74) is 3.87. The Bertz CT molecular complexity index is 916. The summed E-state index contributed by atoms with van der Waals surface area (Å²) in [4.78, 5) is 16.9. The predicted molar refractivity (Wildman–Crippen MR) is 116 cm³/mol. The van der Waals surface area contributed by atoms with Gasteiger partial charge < -0.3 is 20.6 Å². The molecule has 3 fully saturated rings. The summed E-state index contributed by atoms with van der Waals surface area (Å²) in [5, 5.41) is 6.47. The van der Waals surface area contributed by atoms with E-state index in [1.807, 2.05) is 26.0 Å². The molecule has 0 radical (unpaired) electrons. The van der Waals surface area contributed by atoms with Crippen LogP contribution < -0.4 is 11.2 Å². The third kappa shape index (κ3) is 5.07. The molecule has 0 unspecified atom stereocenters. The maximum Gasteiger partial charge on any atom is 0.277 e. The minimum absolute atomic E-state index is 0.0425. The topological polar surface area (TPSA) is 98.3 Å². The van der Waals surface area contributed by atoms with Crippen LogP contribution in [-0.4, -0.2) is 43.9 Å². The zero-order valence-electron chi connectivity index (χ0n) is 17.5. The number of carbonyl (C=O) groups excluding carboxylic acids is 1. The standard InChI is InChI=1S/C23H28N4O3/c1-15-9-18(6-5-17-3-4-17)10-16(2)21(15)26-22(28)19(27-24)11-25-12-20-29-13-23(7-8-23)14-30-20/h9-11,17,20H,3-4,7-8,12-14,24H2,1-2H3,(H,26,28). The molecule has 1 heterocycles. The molecule has 3 N–H and O–H groups in total. The van der Waals surface area contributed by atoms with E-state index in [2.05, 4.69) is 27.3 Å². The van der Waals surface area contributed by atoms with Gasteiger partial charge in [-0.3, -0.25) is 9.79 Å². The number of hydrogen-bond donors (Lipinski definition) is 2. The molecule has 1 aliphatic heterocycles. The number of aliphatic imine (C=N–C) groups is 1. The fourth-order valence-corrected chi connectivity index (χ4v) is 3.40. The number of ether oxygens (including phenoxy) is 2. The van der Waals surface area contributed by atoms with Crippen molar-refractivity contribution in [1.29, 1.82) is 0 Å². The fourth-order valence-electron chi connectivity index (χ4n) is 3.40. The van der Waals surface area contributed by atoms with Crippen LogP contribution in [0.15, 0.2) is 22.2 Å². The van der Waals surface area contributed by atoms with Gasteiger partial charge in [0, 0.05) is 22.6 Å². The zero-order chi connectivity index (χ0) is 21.1. The molecule has 1 spiro atoms. The number of nitrogens with one attached hydrogen (secondary N) is 1. The minimum atomic E-state index is -0.410. The number of hydrogen-bond acceptors (Lipinski definition) is 6. The van der Waals surface area contributed by atoms with Gasteiger partial charge in [-0.15, -0.1) is 0 Å². The first kappa shape index (κ1) is 20.6. The molecular formula is C23H28N4O3. The van der Waals surface area contributed by atoms with Crippen LogP contribution >= 0.6 is 0 Å². The first-order valence-electron chi connectivity index (χ1n) is 10.4. The van der Waals surface area contributed by atoms with Gasteiger partial charge in [-0.25, -0.2) is 0 Å². The van der Waals surface area contributed by atoms with Crippen LogP contribution in [0, 0.1) is 37.0 Å².